The van der Waals surface area contributed by atoms with E-state index in [1.54, 1.807) is 0 Å². The minimum atomic E-state index is -0.911. The average molecular weight is 386 g/mol. The predicted octanol–water partition coefficient (Wildman–Crippen LogP) is 2.96. The van der Waals surface area contributed by atoms with Gasteiger partial charge in [-0.3, -0.25) is 4.79 Å². The lowest BCUT2D eigenvalue weighted by molar-refractivity contribution is -0.151. The molecule has 3 atom stereocenters. The van der Waals surface area contributed by atoms with E-state index in [0.717, 1.165) is 11.1 Å². The van der Waals surface area contributed by atoms with Crippen LogP contribution in [-0.4, -0.2) is 41.2 Å². The van der Waals surface area contributed by atoms with E-state index in [9.17, 15) is 14.7 Å². The molecule has 7 heteroatoms. The number of amides is 1. The third-order valence-corrected chi connectivity index (χ3v) is 4.71. The fraction of sp³-hybridized carbons (Fsp3) is 0.381. The summed E-state index contributed by atoms with van der Waals surface area (Å²) >= 11 is 0. The number of aryl methyl sites for hydroxylation is 1. The minimum Gasteiger partial charge on any atom is -0.503 e. The summed E-state index contributed by atoms with van der Waals surface area (Å²) in [5.41, 5.74) is 2.00. The molecule has 2 N–H and O–H groups in total. The van der Waals surface area contributed by atoms with Gasteiger partial charge in [0.1, 0.15) is 12.1 Å². The van der Waals surface area contributed by atoms with E-state index in [2.05, 4.69) is 10.3 Å². The number of aromatic hydroxyl groups is 1. The minimum absolute atomic E-state index is 0.00264. The molecular formula is C21H26N2O5. The maximum Gasteiger partial charge on any atom is 0.328 e. The van der Waals surface area contributed by atoms with Gasteiger partial charge in [0.2, 0.25) is 0 Å². The number of methoxy groups -OCH3 is 1. The number of pyridine rings is 1. The Bertz CT molecular complexity index is 852. The monoisotopic (exact) mass is 386 g/mol. The van der Waals surface area contributed by atoms with E-state index < -0.39 is 17.9 Å². The van der Waals surface area contributed by atoms with E-state index in [-0.39, 0.29) is 29.2 Å². The summed E-state index contributed by atoms with van der Waals surface area (Å²) < 4.78 is 10.5. The molecule has 0 spiro atoms. The number of nitrogens with zero attached hydrogens (tertiary/aromatic N) is 1. The number of hydrogen-bond acceptors (Lipinski definition) is 6. The highest BCUT2D eigenvalue weighted by atomic mass is 16.5. The van der Waals surface area contributed by atoms with E-state index in [1.807, 2.05) is 45.0 Å². The van der Waals surface area contributed by atoms with Crippen LogP contribution in [0.3, 0.4) is 0 Å². The Morgan fingerprint density at radius 3 is 2.46 bits per heavy atom. The third kappa shape index (κ3) is 4.79. The Morgan fingerprint density at radius 2 is 1.82 bits per heavy atom. The van der Waals surface area contributed by atoms with Gasteiger partial charge in [0.15, 0.2) is 17.2 Å². The molecule has 1 aromatic heterocycles. The van der Waals surface area contributed by atoms with E-state index in [0.29, 0.717) is 0 Å². The quantitative estimate of drug-likeness (QED) is 0.710. The van der Waals surface area contributed by atoms with Crippen LogP contribution in [0, 0.1) is 6.92 Å². The number of carbonyl (C=O) groups is 2. The highest BCUT2D eigenvalue weighted by Crippen LogP contribution is 2.27. The van der Waals surface area contributed by atoms with Crippen LogP contribution in [0.2, 0.25) is 0 Å². The zero-order valence-electron chi connectivity index (χ0n) is 16.7. The fourth-order valence-electron chi connectivity index (χ4n) is 2.83. The van der Waals surface area contributed by atoms with Crippen LogP contribution < -0.4 is 10.1 Å². The van der Waals surface area contributed by atoms with Gasteiger partial charge in [0.05, 0.1) is 7.11 Å². The summed E-state index contributed by atoms with van der Waals surface area (Å²) in [5.74, 6) is -1.53. The van der Waals surface area contributed by atoms with E-state index in [4.69, 9.17) is 9.47 Å². The van der Waals surface area contributed by atoms with Gasteiger partial charge in [-0.15, -0.1) is 0 Å². The van der Waals surface area contributed by atoms with Crippen molar-refractivity contribution in [3.8, 4) is 11.5 Å². The molecule has 0 radical (unpaired) electrons. The van der Waals surface area contributed by atoms with Crippen LogP contribution >= 0.6 is 0 Å². The molecule has 2 rings (SSSR count). The molecule has 2 aromatic rings. The van der Waals surface area contributed by atoms with Crippen molar-refractivity contribution < 1.29 is 24.2 Å². The largest absolute Gasteiger partial charge is 0.503 e. The molecule has 0 unspecified atom stereocenters. The molecule has 0 bridgehead atoms. The Kier molecular flexibility index (Phi) is 6.98. The molecule has 1 aromatic carbocycles. The Labute approximate surface area is 164 Å². The molecule has 0 aliphatic heterocycles. The first-order valence-electron chi connectivity index (χ1n) is 9.05. The molecule has 0 aliphatic rings. The molecule has 0 aliphatic carbocycles. The van der Waals surface area contributed by atoms with Gasteiger partial charge >= 0.3 is 5.97 Å². The van der Waals surface area contributed by atoms with Gasteiger partial charge in [-0.05, 0) is 31.9 Å². The summed E-state index contributed by atoms with van der Waals surface area (Å²) in [6.45, 7) is 7.33. The predicted molar refractivity (Wildman–Crippen MR) is 105 cm³/mol. The maximum atomic E-state index is 12.4. The Balaban J connectivity index is 2.01. The van der Waals surface area contributed by atoms with Crippen molar-refractivity contribution in [1.82, 2.24) is 10.3 Å². The summed E-state index contributed by atoms with van der Waals surface area (Å²) in [4.78, 5) is 28.6. The number of benzene rings is 1. The standard InChI is InChI=1S/C21H26N2O5/c1-12-8-6-7-9-16(12)13(2)15(4)28-21(26)14(3)23-20(25)18-19(24)17(27-5)10-11-22-18/h6-11,13-15,24H,1-5H3,(H,23,25)/t13-,14-,15-/m1/s1. The number of aromatic nitrogens is 1. The Hall–Kier alpha value is -3.09. The lowest BCUT2D eigenvalue weighted by Gasteiger charge is -2.24. The zero-order valence-corrected chi connectivity index (χ0v) is 16.7. The second kappa shape index (κ2) is 9.21. The number of hydrogen-bond donors (Lipinski definition) is 2. The highest BCUT2D eigenvalue weighted by molar-refractivity contribution is 5.97. The maximum absolute atomic E-state index is 12.4. The normalized spacial score (nSPS) is 13.9. The van der Waals surface area contributed by atoms with Crippen LogP contribution in [-0.2, 0) is 9.53 Å². The smallest absolute Gasteiger partial charge is 0.328 e. The average Bonchev–Trinajstić information content (AvgIpc) is 2.67. The summed E-state index contributed by atoms with van der Waals surface area (Å²) in [6, 6.07) is 8.44. The van der Waals surface area contributed by atoms with Crippen LogP contribution in [0.15, 0.2) is 36.5 Å². The molecule has 1 heterocycles. The highest BCUT2D eigenvalue weighted by Gasteiger charge is 2.26. The molecule has 150 valence electrons. The molecule has 1 amide bonds. The van der Waals surface area contributed by atoms with Crippen molar-refractivity contribution in [2.24, 2.45) is 0 Å². The van der Waals surface area contributed by atoms with Gasteiger partial charge in [-0.2, -0.15) is 0 Å². The Morgan fingerprint density at radius 1 is 1.14 bits per heavy atom. The van der Waals surface area contributed by atoms with Crippen molar-refractivity contribution in [3.05, 3.63) is 53.3 Å². The first-order chi connectivity index (χ1) is 13.3. The first-order valence-corrected chi connectivity index (χ1v) is 9.05. The number of nitrogens with one attached hydrogen (secondary N) is 1. The summed E-state index contributed by atoms with van der Waals surface area (Å²) in [5, 5.41) is 12.5. The van der Waals surface area contributed by atoms with Crippen LogP contribution in [0.4, 0.5) is 0 Å². The number of esters is 1. The van der Waals surface area contributed by atoms with Crippen molar-refractivity contribution >= 4 is 11.9 Å². The fourth-order valence-corrected chi connectivity index (χ4v) is 2.83. The summed E-state index contributed by atoms with van der Waals surface area (Å²) in [7, 11) is 1.37. The molecule has 0 saturated heterocycles. The lowest BCUT2D eigenvalue weighted by Crippen LogP contribution is -2.41. The van der Waals surface area contributed by atoms with Crippen LogP contribution in [0.5, 0.6) is 11.5 Å². The van der Waals surface area contributed by atoms with Crippen LogP contribution in [0.1, 0.15) is 48.3 Å². The second-order valence-electron chi connectivity index (χ2n) is 6.69. The number of rotatable bonds is 7. The van der Waals surface area contributed by atoms with Gasteiger partial charge in [-0.1, -0.05) is 31.2 Å². The van der Waals surface area contributed by atoms with Crippen molar-refractivity contribution in [3.63, 3.8) is 0 Å². The van der Waals surface area contributed by atoms with Gasteiger partial charge in [-0.25, -0.2) is 9.78 Å². The van der Waals surface area contributed by atoms with Gasteiger partial charge < -0.3 is 19.9 Å². The summed E-state index contributed by atoms with van der Waals surface area (Å²) in [6.07, 6.45) is 0.957. The van der Waals surface area contributed by atoms with Gasteiger partial charge in [0, 0.05) is 18.2 Å². The zero-order chi connectivity index (χ0) is 20.8. The molecule has 28 heavy (non-hydrogen) atoms. The molecule has 7 nitrogen and oxygen atoms in total. The molecule has 0 fully saturated rings. The van der Waals surface area contributed by atoms with Crippen molar-refractivity contribution in [1.29, 1.82) is 0 Å². The first kappa shape index (κ1) is 21.2. The van der Waals surface area contributed by atoms with Crippen LogP contribution in [0.25, 0.3) is 0 Å². The third-order valence-electron chi connectivity index (χ3n) is 4.71. The number of ether oxygens (including phenoxy) is 2. The molecule has 0 saturated carbocycles. The van der Waals surface area contributed by atoms with E-state index >= 15 is 0 Å². The van der Waals surface area contributed by atoms with E-state index in [1.165, 1.54) is 26.3 Å². The second-order valence-corrected chi connectivity index (χ2v) is 6.69. The van der Waals surface area contributed by atoms with Crippen molar-refractivity contribution in [2.75, 3.05) is 7.11 Å². The topological polar surface area (TPSA) is 97.8 Å². The molecular weight excluding hydrogens is 360 g/mol. The SMILES string of the molecule is COc1ccnc(C(=O)N[C@H](C)C(=O)O[C@H](C)[C@@H](C)c2ccccc2C)c1O. The van der Waals surface area contributed by atoms with Gasteiger partial charge in [0.25, 0.3) is 5.91 Å². The lowest BCUT2D eigenvalue weighted by atomic mass is 9.92. The van der Waals surface area contributed by atoms with Crippen molar-refractivity contribution in [2.45, 2.75) is 45.8 Å². The number of carbonyl (C=O) groups excluding carboxylic acids is 2.